The Morgan fingerprint density at radius 3 is 2.54 bits per heavy atom. The van der Waals surface area contributed by atoms with Gasteiger partial charge in [0.25, 0.3) is 0 Å². The highest BCUT2D eigenvalue weighted by molar-refractivity contribution is 6.32. The maximum absolute atomic E-state index is 10.3. The van der Waals surface area contributed by atoms with E-state index in [4.69, 9.17) is 28.2 Å². The predicted molar refractivity (Wildman–Crippen MR) is 48.9 cm³/mol. The van der Waals surface area contributed by atoms with Crippen LogP contribution in [0, 0.1) is 0 Å². The van der Waals surface area contributed by atoms with Gasteiger partial charge in [0.2, 0.25) is 6.29 Å². The zero-order valence-corrected chi connectivity index (χ0v) is 7.38. The Balaban J connectivity index is 3.18. The predicted octanol–water partition coefficient (Wildman–Crippen LogP) is 0.226. The molecule has 0 spiro atoms. The molecule has 0 aromatic heterocycles. The van der Waals surface area contributed by atoms with Crippen molar-refractivity contribution >= 4 is 17.9 Å². The first kappa shape index (κ1) is 9.98. The summed E-state index contributed by atoms with van der Waals surface area (Å²) in [5.41, 5.74) is 9.35. The van der Waals surface area contributed by atoms with Gasteiger partial charge in [0, 0.05) is 0 Å². The van der Waals surface area contributed by atoms with Gasteiger partial charge in [-0.15, -0.1) is 0 Å². The van der Waals surface area contributed by atoms with Crippen molar-refractivity contribution in [1.82, 2.24) is 0 Å². The first-order chi connectivity index (χ1) is 5.97. The van der Waals surface area contributed by atoms with Crippen LogP contribution in [0.15, 0.2) is 18.2 Å². The molecule has 0 heterocycles. The monoisotopic (exact) mass is 199 g/mol. The van der Waals surface area contributed by atoms with Gasteiger partial charge in [0.05, 0.1) is 5.02 Å². The molecular weight excluding hydrogens is 192 g/mol. The topological polar surface area (TPSA) is 89.3 Å². The van der Waals surface area contributed by atoms with Crippen LogP contribution >= 0.6 is 11.6 Å². The van der Waals surface area contributed by atoms with Crippen molar-refractivity contribution in [1.29, 1.82) is 0 Å². The van der Waals surface area contributed by atoms with Crippen LogP contribution in [-0.4, -0.2) is 11.4 Å². The van der Waals surface area contributed by atoms with Crippen LogP contribution in [0.3, 0.4) is 0 Å². The molecule has 4 nitrogen and oxygen atoms in total. The van der Waals surface area contributed by atoms with Gasteiger partial charge in [-0.3, -0.25) is 4.79 Å². The molecule has 1 aromatic rings. The van der Waals surface area contributed by atoms with Gasteiger partial charge in [0.1, 0.15) is 5.75 Å². The minimum atomic E-state index is -1.68. The Hall–Kier alpha value is -1.10. The van der Waals surface area contributed by atoms with E-state index in [0.717, 1.165) is 0 Å². The number of aromatic hydroxyl groups is 1. The largest absolute Gasteiger partial charge is 0.506 e. The molecule has 1 rings (SSSR count). The Labute approximate surface area is 80.1 Å². The van der Waals surface area contributed by atoms with Crippen LogP contribution < -0.4 is 11.5 Å². The van der Waals surface area contributed by atoms with E-state index < -0.39 is 5.66 Å². The molecule has 0 aliphatic carbocycles. The van der Waals surface area contributed by atoms with E-state index in [0.29, 0.717) is 5.56 Å². The normalized spacial score (nSPS) is 11.3. The van der Waals surface area contributed by atoms with E-state index in [-0.39, 0.29) is 10.8 Å². The quantitative estimate of drug-likeness (QED) is 0.595. The summed E-state index contributed by atoms with van der Waals surface area (Å²) in [5, 5.41) is 9.16. The van der Waals surface area contributed by atoms with Crippen LogP contribution in [0.2, 0.25) is 5.02 Å². The lowest BCUT2D eigenvalue weighted by Gasteiger charge is -2.16. The molecule has 0 saturated heterocycles. The molecule has 0 fully saturated rings. The molecular formula is C8H8ClN2O2. The number of hydrogen-bond donors (Lipinski definition) is 3. The molecule has 5 heteroatoms. The van der Waals surface area contributed by atoms with Gasteiger partial charge in [-0.2, -0.15) is 0 Å². The van der Waals surface area contributed by atoms with Crippen LogP contribution in [0.1, 0.15) is 5.56 Å². The maximum atomic E-state index is 10.3. The third-order valence-electron chi connectivity index (χ3n) is 1.59. The van der Waals surface area contributed by atoms with Crippen molar-refractivity contribution in [3.63, 3.8) is 0 Å². The smallest absolute Gasteiger partial charge is 0.240 e. The number of nitrogens with two attached hydrogens (primary N) is 2. The van der Waals surface area contributed by atoms with E-state index in [1.54, 1.807) is 0 Å². The van der Waals surface area contributed by atoms with Crippen molar-refractivity contribution < 1.29 is 9.90 Å². The van der Waals surface area contributed by atoms with Gasteiger partial charge in [-0.1, -0.05) is 17.7 Å². The molecule has 0 amide bonds. The number of benzene rings is 1. The van der Waals surface area contributed by atoms with Gasteiger partial charge in [0.15, 0.2) is 5.66 Å². The number of phenolic OH excluding ortho intramolecular Hbond substituents is 1. The minimum absolute atomic E-state index is 0.0906. The lowest BCUT2D eigenvalue weighted by atomic mass is 10.0. The number of phenols is 1. The highest BCUT2D eigenvalue weighted by Gasteiger charge is 2.22. The van der Waals surface area contributed by atoms with E-state index in [9.17, 15) is 4.79 Å². The fourth-order valence-corrected chi connectivity index (χ4v) is 1.00. The van der Waals surface area contributed by atoms with Crippen molar-refractivity contribution in [2.75, 3.05) is 0 Å². The van der Waals surface area contributed by atoms with Crippen molar-refractivity contribution in [2.24, 2.45) is 11.5 Å². The van der Waals surface area contributed by atoms with Crippen LogP contribution in [-0.2, 0) is 10.5 Å². The third-order valence-corrected chi connectivity index (χ3v) is 1.90. The number of hydrogen-bond acceptors (Lipinski definition) is 4. The lowest BCUT2D eigenvalue weighted by Crippen LogP contribution is -2.47. The Kier molecular flexibility index (Phi) is 2.56. The molecule has 69 valence electrons. The van der Waals surface area contributed by atoms with Crippen molar-refractivity contribution in [3.05, 3.63) is 28.8 Å². The second kappa shape index (κ2) is 3.33. The van der Waals surface area contributed by atoms with Gasteiger partial charge >= 0.3 is 0 Å². The second-order valence-corrected chi connectivity index (χ2v) is 3.04. The molecule has 0 aliphatic heterocycles. The first-order valence-corrected chi connectivity index (χ1v) is 3.81. The molecule has 0 atom stereocenters. The maximum Gasteiger partial charge on any atom is 0.240 e. The summed E-state index contributed by atoms with van der Waals surface area (Å²) in [6.07, 6.45) is 1.47. The zero-order valence-electron chi connectivity index (χ0n) is 6.62. The average Bonchev–Trinajstić information content (AvgIpc) is 2.09. The van der Waals surface area contributed by atoms with E-state index in [1.807, 2.05) is 0 Å². The minimum Gasteiger partial charge on any atom is -0.506 e. The SMILES string of the molecule is NC(N)([C]=O)c1ccc(O)c(Cl)c1. The van der Waals surface area contributed by atoms with E-state index in [1.165, 1.54) is 24.5 Å². The Morgan fingerprint density at radius 2 is 2.08 bits per heavy atom. The summed E-state index contributed by atoms with van der Waals surface area (Å²) >= 11 is 5.59. The number of carbonyl (C=O) groups excluding carboxylic acids is 1. The average molecular weight is 200 g/mol. The summed E-state index contributed by atoms with van der Waals surface area (Å²) in [5.74, 6) is -0.0906. The van der Waals surface area contributed by atoms with Crippen molar-refractivity contribution in [2.45, 2.75) is 5.66 Å². The number of halogens is 1. The highest BCUT2D eigenvalue weighted by atomic mass is 35.5. The van der Waals surface area contributed by atoms with E-state index >= 15 is 0 Å². The first-order valence-electron chi connectivity index (χ1n) is 3.43. The molecule has 0 saturated carbocycles. The third kappa shape index (κ3) is 1.98. The highest BCUT2D eigenvalue weighted by Crippen LogP contribution is 2.25. The summed E-state index contributed by atoms with van der Waals surface area (Å²) in [4.78, 5) is 10.3. The second-order valence-electron chi connectivity index (χ2n) is 2.64. The standard InChI is InChI=1S/C8H8ClN2O2/c9-6-3-5(1-2-7(6)13)8(10,11)4-12/h1-3,13H,10-11H2. The van der Waals surface area contributed by atoms with Gasteiger partial charge < -0.3 is 16.6 Å². The van der Waals surface area contributed by atoms with Crippen LogP contribution in [0.25, 0.3) is 0 Å². The molecule has 0 bridgehead atoms. The summed E-state index contributed by atoms with van der Waals surface area (Å²) < 4.78 is 0. The fourth-order valence-electron chi connectivity index (χ4n) is 0.823. The molecule has 0 unspecified atom stereocenters. The molecule has 0 aliphatic rings. The summed E-state index contributed by atoms with van der Waals surface area (Å²) in [6, 6.07) is 4.04. The van der Waals surface area contributed by atoms with Crippen LogP contribution in [0.5, 0.6) is 5.75 Å². The molecule has 5 N–H and O–H groups in total. The Morgan fingerprint density at radius 1 is 1.46 bits per heavy atom. The Bertz CT molecular complexity index is 339. The van der Waals surface area contributed by atoms with Gasteiger partial charge in [-0.05, 0) is 17.7 Å². The molecule has 1 aromatic carbocycles. The van der Waals surface area contributed by atoms with Crippen LogP contribution in [0.4, 0.5) is 0 Å². The summed E-state index contributed by atoms with van der Waals surface area (Å²) in [6.45, 7) is 0. The van der Waals surface area contributed by atoms with E-state index in [2.05, 4.69) is 0 Å². The fraction of sp³-hybridized carbons (Fsp3) is 0.125. The summed E-state index contributed by atoms with van der Waals surface area (Å²) in [7, 11) is 0. The lowest BCUT2D eigenvalue weighted by molar-refractivity contribution is 0.473. The molecule has 1 radical (unpaired) electrons. The van der Waals surface area contributed by atoms with Crippen molar-refractivity contribution in [3.8, 4) is 5.75 Å². The molecule has 13 heavy (non-hydrogen) atoms. The zero-order chi connectivity index (χ0) is 10.1. The van der Waals surface area contributed by atoms with Gasteiger partial charge in [-0.25, -0.2) is 0 Å². The number of rotatable bonds is 2.